The van der Waals surface area contributed by atoms with Crippen molar-refractivity contribution >= 4 is 23.1 Å². The highest BCUT2D eigenvalue weighted by Gasteiger charge is 2.12. The highest BCUT2D eigenvalue weighted by Crippen LogP contribution is 2.17. The summed E-state index contributed by atoms with van der Waals surface area (Å²) in [6, 6.07) is 12.4. The summed E-state index contributed by atoms with van der Waals surface area (Å²) in [6.45, 7) is 4.62. The molecule has 1 fully saturated rings. The molecule has 5 nitrogen and oxygen atoms in total. The number of amides is 2. The van der Waals surface area contributed by atoms with Gasteiger partial charge in [0.25, 0.3) is 0 Å². The van der Waals surface area contributed by atoms with Crippen molar-refractivity contribution in [1.29, 1.82) is 0 Å². The highest BCUT2D eigenvalue weighted by molar-refractivity contribution is 7.09. The lowest BCUT2D eigenvalue weighted by molar-refractivity contribution is 0.122. The molecule has 0 radical (unpaired) electrons. The van der Waals surface area contributed by atoms with Gasteiger partial charge < -0.3 is 19.9 Å². The van der Waals surface area contributed by atoms with E-state index in [4.69, 9.17) is 4.74 Å². The van der Waals surface area contributed by atoms with Gasteiger partial charge in [-0.05, 0) is 29.1 Å². The first kappa shape index (κ1) is 16.8. The summed E-state index contributed by atoms with van der Waals surface area (Å²) in [7, 11) is 1.82. The molecule has 1 aromatic carbocycles. The molecule has 1 aliphatic heterocycles. The average molecular weight is 345 g/mol. The van der Waals surface area contributed by atoms with Crippen LogP contribution in [0.4, 0.5) is 10.5 Å². The van der Waals surface area contributed by atoms with Crippen molar-refractivity contribution in [3.05, 3.63) is 52.2 Å². The average Bonchev–Trinajstić information content (AvgIpc) is 3.14. The largest absolute Gasteiger partial charge is 0.378 e. The number of urea groups is 1. The second-order valence-corrected chi connectivity index (χ2v) is 6.89. The van der Waals surface area contributed by atoms with Crippen LogP contribution < -0.4 is 10.2 Å². The van der Waals surface area contributed by atoms with Crippen LogP contribution in [0, 0.1) is 0 Å². The second kappa shape index (κ2) is 8.17. The third kappa shape index (κ3) is 4.49. The van der Waals surface area contributed by atoms with Gasteiger partial charge in [0.1, 0.15) is 0 Å². The molecular weight excluding hydrogens is 322 g/mol. The first-order valence-corrected chi connectivity index (χ1v) is 9.03. The Morgan fingerprint density at radius 1 is 1.25 bits per heavy atom. The number of nitrogens with zero attached hydrogens (tertiary/aromatic N) is 2. The zero-order chi connectivity index (χ0) is 16.8. The Bertz CT molecular complexity index is 637. The second-order valence-electron chi connectivity index (χ2n) is 5.86. The van der Waals surface area contributed by atoms with E-state index in [2.05, 4.69) is 34.5 Å². The van der Waals surface area contributed by atoms with Gasteiger partial charge in [-0.25, -0.2) is 4.79 Å². The van der Waals surface area contributed by atoms with Crippen molar-refractivity contribution in [3.63, 3.8) is 0 Å². The number of hydrogen-bond acceptors (Lipinski definition) is 4. The summed E-state index contributed by atoms with van der Waals surface area (Å²) in [6.07, 6.45) is 0. The molecule has 6 heteroatoms. The van der Waals surface area contributed by atoms with Crippen LogP contribution in [0.5, 0.6) is 0 Å². The Labute approximate surface area is 146 Å². The van der Waals surface area contributed by atoms with Gasteiger partial charge in [-0.1, -0.05) is 18.2 Å². The van der Waals surface area contributed by atoms with Crippen LogP contribution in [0.3, 0.4) is 0 Å². The first-order chi connectivity index (χ1) is 11.7. The van der Waals surface area contributed by atoms with Crippen LogP contribution >= 0.6 is 11.3 Å². The van der Waals surface area contributed by atoms with Crippen molar-refractivity contribution in [2.75, 3.05) is 38.3 Å². The fourth-order valence-corrected chi connectivity index (χ4v) is 3.33. The lowest BCUT2D eigenvalue weighted by Gasteiger charge is -2.29. The maximum absolute atomic E-state index is 12.2. The third-order valence-electron chi connectivity index (χ3n) is 4.07. The number of nitrogens with one attached hydrogen (secondary N) is 1. The molecule has 0 spiro atoms. The van der Waals surface area contributed by atoms with Gasteiger partial charge in [0.05, 0.1) is 19.8 Å². The fourth-order valence-electron chi connectivity index (χ4n) is 2.69. The highest BCUT2D eigenvalue weighted by atomic mass is 32.1. The predicted molar refractivity (Wildman–Crippen MR) is 97.5 cm³/mol. The normalized spacial score (nSPS) is 14.5. The van der Waals surface area contributed by atoms with Gasteiger partial charge in [-0.3, -0.25) is 0 Å². The van der Waals surface area contributed by atoms with Crippen LogP contribution in [0.25, 0.3) is 0 Å². The molecule has 3 rings (SSSR count). The molecule has 2 amide bonds. The van der Waals surface area contributed by atoms with E-state index in [0.717, 1.165) is 36.7 Å². The molecule has 0 atom stereocenters. The van der Waals surface area contributed by atoms with Crippen molar-refractivity contribution in [2.24, 2.45) is 0 Å². The zero-order valence-electron chi connectivity index (χ0n) is 13.9. The number of ether oxygens (including phenoxy) is 1. The standard InChI is InChI=1S/C18H23N3O2S/c1-20(18(22)19-13-17-3-2-12-24-17)14-15-4-6-16(7-5-15)21-8-10-23-11-9-21/h2-7,12H,8-11,13-14H2,1H3,(H,19,22). The quantitative estimate of drug-likeness (QED) is 0.906. The van der Waals surface area contributed by atoms with Crippen LogP contribution in [0.1, 0.15) is 10.4 Å². The van der Waals surface area contributed by atoms with Crippen molar-refractivity contribution < 1.29 is 9.53 Å². The predicted octanol–water partition coefficient (Wildman–Crippen LogP) is 2.93. The summed E-state index contributed by atoms with van der Waals surface area (Å²) in [4.78, 5) is 17.3. The summed E-state index contributed by atoms with van der Waals surface area (Å²) < 4.78 is 5.38. The van der Waals surface area contributed by atoms with Gasteiger partial charge in [0.2, 0.25) is 0 Å². The van der Waals surface area contributed by atoms with E-state index in [0.29, 0.717) is 13.1 Å². The molecular formula is C18H23N3O2S. The molecule has 2 heterocycles. The van der Waals surface area contributed by atoms with E-state index in [1.807, 2.05) is 24.6 Å². The monoisotopic (exact) mass is 345 g/mol. The number of carbonyl (C=O) groups excluding carboxylic acids is 1. The minimum Gasteiger partial charge on any atom is -0.378 e. The van der Waals surface area contributed by atoms with Crippen LogP contribution in [0.15, 0.2) is 41.8 Å². The smallest absolute Gasteiger partial charge is 0.317 e. The summed E-state index contributed by atoms with van der Waals surface area (Å²) in [5, 5.41) is 4.96. The van der Waals surface area contributed by atoms with Gasteiger partial charge in [-0.2, -0.15) is 0 Å². The van der Waals surface area contributed by atoms with Gasteiger partial charge in [-0.15, -0.1) is 11.3 Å². The number of rotatable bonds is 5. The first-order valence-electron chi connectivity index (χ1n) is 8.15. The molecule has 0 aliphatic carbocycles. The molecule has 1 aliphatic rings. The molecule has 128 valence electrons. The van der Waals surface area contributed by atoms with Gasteiger partial charge in [0, 0.05) is 37.2 Å². The van der Waals surface area contributed by atoms with Crippen LogP contribution in [0.2, 0.25) is 0 Å². The zero-order valence-corrected chi connectivity index (χ0v) is 14.7. The summed E-state index contributed by atoms with van der Waals surface area (Å²) in [5.74, 6) is 0. The topological polar surface area (TPSA) is 44.8 Å². The number of thiophene rings is 1. The lowest BCUT2D eigenvalue weighted by atomic mass is 10.2. The minimum atomic E-state index is -0.0549. The Morgan fingerprint density at radius 3 is 2.67 bits per heavy atom. The van der Waals surface area contributed by atoms with E-state index in [1.54, 1.807) is 16.2 Å². The molecule has 1 saturated heterocycles. The SMILES string of the molecule is CN(Cc1ccc(N2CCOCC2)cc1)C(=O)NCc1cccs1. The molecule has 1 N–H and O–H groups in total. The van der Waals surface area contributed by atoms with E-state index < -0.39 is 0 Å². The minimum absolute atomic E-state index is 0.0549. The Kier molecular flexibility index (Phi) is 5.72. The van der Waals surface area contributed by atoms with E-state index in [9.17, 15) is 4.79 Å². The van der Waals surface area contributed by atoms with E-state index in [1.165, 1.54) is 5.69 Å². The summed E-state index contributed by atoms with van der Waals surface area (Å²) in [5.41, 5.74) is 2.34. The van der Waals surface area contributed by atoms with E-state index >= 15 is 0 Å². The Morgan fingerprint density at radius 2 is 2.00 bits per heavy atom. The number of benzene rings is 1. The number of hydrogen-bond donors (Lipinski definition) is 1. The van der Waals surface area contributed by atoms with Gasteiger partial charge >= 0.3 is 6.03 Å². The maximum Gasteiger partial charge on any atom is 0.317 e. The molecule has 2 aromatic rings. The van der Waals surface area contributed by atoms with Crippen LogP contribution in [-0.4, -0.2) is 44.3 Å². The molecule has 1 aromatic heterocycles. The fraction of sp³-hybridized carbons (Fsp3) is 0.389. The Hall–Kier alpha value is -2.05. The number of anilines is 1. The van der Waals surface area contributed by atoms with Crippen molar-refractivity contribution in [2.45, 2.75) is 13.1 Å². The van der Waals surface area contributed by atoms with Gasteiger partial charge in [0.15, 0.2) is 0 Å². The Balaban J connectivity index is 1.50. The molecule has 0 bridgehead atoms. The summed E-state index contributed by atoms with van der Waals surface area (Å²) >= 11 is 1.65. The van der Waals surface area contributed by atoms with E-state index in [-0.39, 0.29) is 6.03 Å². The van der Waals surface area contributed by atoms with Crippen molar-refractivity contribution in [3.8, 4) is 0 Å². The van der Waals surface area contributed by atoms with Crippen LogP contribution in [-0.2, 0) is 17.8 Å². The number of carbonyl (C=O) groups is 1. The molecule has 24 heavy (non-hydrogen) atoms. The van der Waals surface area contributed by atoms with Crippen molar-refractivity contribution in [1.82, 2.24) is 10.2 Å². The molecule has 0 unspecified atom stereocenters. The third-order valence-corrected chi connectivity index (χ3v) is 4.95. The number of morpholine rings is 1. The maximum atomic E-state index is 12.2. The molecule has 0 saturated carbocycles. The lowest BCUT2D eigenvalue weighted by Crippen LogP contribution is -2.36.